The molecule has 0 radical (unpaired) electrons. The molecule has 0 aromatic rings. The largest absolute Gasteiger partial charge is 0.343 e. The molecule has 0 atom stereocenters. The topological polar surface area (TPSA) is 32.3 Å². The quantitative estimate of drug-likeness (QED) is 0.817. The van der Waals surface area contributed by atoms with Crippen LogP contribution in [0.15, 0.2) is 0 Å². The van der Waals surface area contributed by atoms with Gasteiger partial charge in [-0.25, -0.2) is 0 Å². The number of halogens is 1. The van der Waals surface area contributed by atoms with Gasteiger partial charge in [-0.1, -0.05) is 25.7 Å². The molecule has 2 aliphatic rings. The number of nitrogens with zero attached hydrogens (tertiary/aromatic N) is 1. The summed E-state index contributed by atoms with van der Waals surface area (Å²) in [6, 6.07) is 0. The second kappa shape index (κ2) is 9.62. The molecule has 0 aromatic carbocycles. The van der Waals surface area contributed by atoms with E-state index < -0.39 is 0 Å². The van der Waals surface area contributed by atoms with E-state index in [-0.39, 0.29) is 12.4 Å². The predicted octanol–water partition coefficient (Wildman–Crippen LogP) is 3.23. The lowest BCUT2D eigenvalue weighted by atomic mass is 9.96. The van der Waals surface area contributed by atoms with Gasteiger partial charge < -0.3 is 10.2 Å². The van der Waals surface area contributed by atoms with Crippen LogP contribution in [-0.2, 0) is 4.79 Å². The smallest absolute Gasteiger partial charge is 0.222 e. The lowest BCUT2D eigenvalue weighted by Crippen LogP contribution is -2.40. The van der Waals surface area contributed by atoms with Gasteiger partial charge in [0, 0.05) is 19.5 Å². The molecule has 1 saturated heterocycles. The van der Waals surface area contributed by atoms with Crippen LogP contribution in [-0.4, -0.2) is 37.5 Å². The molecule has 1 aliphatic carbocycles. The van der Waals surface area contributed by atoms with Crippen LogP contribution < -0.4 is 5.32 Å². The highest BCUT2D eigenvalue weighted by Crippen LogP contribution is 2.29. The highest BCUT2D eigenvalue weighted by atomic mass is 35.5. The number of carbonyl (C=O) groups is 1. The molecule has 0 bridgehead atoms. The van der Waals surface area contributed by atoms with Crippen molar-refractivity contribution in [3.63, 3.8) is 0 Å². The summed E-state index contributed by atoms with van der Waals surface area (Å²) in [5.41, 5.74) is 0. The summed E-state index contributed by atoms with van der Waals surface area (Å²) in [6.45, 7) is 3.06. The van der Waals surface area contributed by atoms with Gasteiger partial charge in [0.1, 0.15) is 0 Å². The SMILES string of the molecule is CNCC1CCN(C(=O)CCCC2CCCC2)CC1.Cl. The summed E-state index contributed by atoms with van der Waals surface area (Å²) in [5, 5.41) is 3.24. The molecule has 0 spiro atoms. The van der Waals surface area contributed by atoms with Crippen molar-refractivity contribution in [3.05, 3.63) is 0 Å². The van der Waals surface area contributed by atoms with Crippen molar-refractivity contribution in [2.45, 2.75) is 57.8 Å². The maximum Gasteiger partial charge on any atom is 0.222 e. The Labute approximate surface area is 130 Å². The molecule has 1 N–H and O–H groups in total. The van der Waals surface area contributed by atoms with Crippen LogP contribution in [0.4, 0.5) is 0 Å². The van der Waals surface area contributed by atoms with Crippen LogP contribution in [0.1, 0.15) is 57.8 Å². The molecule has 0 aromatic heterocycles. The van der Waals surface area contributed by atoms with E-state index in [0.717, 1.165) is 44.3 Å². The van der Waals surface area contributed by atoms with Crippen LogP contribution in [0.5, 0.6) is 0 Å². The summed E-state index contributed by atoms with van der Waals surface area (Å²) in [6.07, 6.45) is 11.2. The molecule has 3 nitrogen and oxygen atoms in total. The van der Waals surface area contributed by atoms with E-state index >= 15 is 0 Å². The Hall–Kier alpha value is -0.280. The molecular weight excluding hydrogens is 272 g/mol. The number of piperidine rings is 1. The van der Waals surface area contributed by atoms with E-state index in [1.165, 1.54) is 44.9 Å². The Morgan fingerprint density at radius 1 is 1.10 bits per heavy atom. The van der Waals surface area contributed by atoms with Gasteiger partial charge in [0.25, 0.3) is 0 Å². The number of amides is 1. The molecule has 20 heavy (non-hydrogen) atoms. The number of likely N-dealkylation sites (tertiary alicyclic amines) is 1. The van der Waals surface area contributed by atoms with Crippen molar-refractivity contribution in [1.82, 2.24) is 10.2 Å². The molecular formula is C16H31ClN2O. The van der Waals surface area contributed by atoms with Gasteiger partial charge in [0.2, 0.25) is 5.91 Å². The zero-order valence-electron chi connectivity index (χ0n) is 12.9. The van der Waals surface area contributed by atoms with Gasteiger partial charge in [0.05, 0.1) is 0 Å². The fourth-order valence-corrected chi connectivity index (χ4v) is 3.67. The first-order chi connectivity index (χ1) is 9.29. The third-order valence-corrected chi connectivity index (χ3v) is 4.94. The summed E-state index contributed by atoms with van der Waals surface area (Å²) < 4.78 is 0. The van der Waals surface area contributed by atoms with E-state index in [2.05, 4.69) is 10.2 Å². The highest BCUT2D eigenvalue weighted by Gasteiger charge is 2.22. The maximum absolute atomic E-state index is 12.1. The molecule has 2 fully saturated rings. The predicted molar refractivity (Wildman–Crippen MR) is 86.3 cm³/mol. The Kier molecular flexibility index (Phi) is 8.55. The summed E-state index contributed by atoms with van der Waals surface area (Å²) in [4.78, 5) is 14.2. The van der Waals surface area contributed by atoms with Crippen LogP contribution in [0.2, 0.25) is 0 Å². The number of hydrogen-bond acceptors (Lipinski definition) is 2. The van der Waals surface area contributed by atoms with Crippen molar-refractivity contribution >= 4 is 18.3 Å². The van der Waals surface area contributed by atoms with Gasteiger partial charge in [-0.05, 0) is 51.1 Å². The minimum atomic E-state index is 0. The monoisotopic (exact) mass is 302 g/mol. The van der Waals surface area contributed by atoms with Crippen molar-refractivity contribution in [2.75, 3.05) is 26.7 Å². The van der Waals surface area contributed by atoms with Gasteiger partial charge in [-0.15, -0.1) is 12.4 Å². The molecule has 0 unspecified atom stereocenters. The van der Waals surface area contributed by atoms with E-state index in [9.17, 15) is 4.79 Å². The highest BCUT2D eigenvalue weighted by molar-refractivity contribution is 5.85. The van der Waals surface area contributed by atoms with E-state index in [1.54, 1.807) is 0 Å². The van der Waals surface area contributed by atoms with Crippen molar-refractivity contribution in [3.8, 4) is 0 Å². The van der Waals surface area contributed by atoms with Gasteiger partial charge >= 0.3 is 0 Å². The van der Waals surface area contributed by atoms with Crippen molar-refractivity contribution < 1.29 is 4.79 Å². The van der Waals surface area contributed by atoms with Crippen LogP contribution in [0, 0.1) is 11.8 Å². The maximum atomic E-state index is 12.1. The molecule has 2 rings (SSSR count). The van der Waals surface area contributed by atoms with Crippen LogP contribution in [0.25, 0.3) is 0 Å². The second-order valence-electron chi connectivity index (χ2n) is 6.42. The molecule has 118 valence electrons. The average Bonchev–Trinajstić information content (AvgIpc) is 2.93. The second-order valence-corrected chi connectivity index (χ2v) is 6.42. The van der Waals surface area contributed by atoms with Gasteiger partial charge in [0.15, 0.2) is 0 Å². The number of carbonyl (C=O) groups excluding carboxylic acids is 1. The minimum Gasteiger partial charge on any atom is -0.343 e. The first kappa shape index (κ1) is 17.8. The number of hydrogen-bond donors (Lipinski definition) is 1. The summed E-state index contributed by atoms with van der Waals surface area (Å²) >= 11 is 0. The van der Waals surface area contributed by atoms with Crippen LogP contribution >= 0.6 is 12.4 Å². The zero-order chi connectivity index (χ0) is 13.5. The fourth-order valence-electron chi connectivity index (χ4n) is 3.67. The van der Waals surface area contributed by atoms with Gasteiger partial charge in [-0.2, -0.15) is 0 Å². The molecule has 1 saturated carbocycles. The van der Waals surface area contributed by atoms with Crippen LogP contribution in [0.3, 0.4) is 0 Å². The summed E-state index contributed by atoms with van der Waals surface area (Å²) in [7, 11) is 2.01. The molecule has 1 aliphatic heterocycles. The lowest BCUT2D eigenvalue weighted by Gasteiger charge is -2.32. The normalized spacial score (nSPS) is 20.9. The van der Waals surface area contributed by atoms with E-state index in [4.69, 9.17) is 0 Å². The Balaban J connectivity index is 0.00000200. The third kappa shape index (κ3) is 5.61. The minimum absolute atomic E-state index is 0. The first-order valence-electron chi connectivity index (χ1n) is 8.22. The lowest BCUT2D eigenvalue weighted by molar-refractivity contribution is -0.132. The van der Waals surface area contributed by atoms with Gasteiger partial charge in [-0.3, -0.25) is 4.79 Å². The van der Waals surface area contributed by atoms with E-state index in [1.807, 2.05) is 7.05 Å². The fraction of sp³-hybridized carbons (Fsp3) is 0.938. The molecule has 1 amide bonds. The Morgan fingerprint density at radius 3 is 2.35 bits per heavy atom. The third-order valence-electron chi connectivity index (χ3n) is 4.94. The zero-order valence-corrected chi connectivity index (χ0v) is 13.7. The first-order valence-corrected chi connectivity index (χ1v) is 8.22. The number of rotatable bonds is 6. The van der Waals surface area contributed by atoms with E-state index in [0.29, 0.717) is 5.91 Å². The van der Waals surface area contributed by atoms with Crippen molar-refractivity contribution in [1.29, 1.82) is 0 Å². The standard InChI is InChI=1S/C16H30N2O.ClH/c1-17-13-15-9-11-18(12-10-15)16(19)8-4-7-14-5-2-3-6-14;/h14-15,17H,2-13H2,1H3;1H. The van der Waals surface area contributed by atoms with Crippen molar-refractivity contribution in [2.24, 2.45) is 11.8 Å². The molecule has 1 heterocycles. The average molecular weight is 303 g/mol. The Bertz CT molecular complexity index is 272. The Morgan fingerprint density at radius 2 is 1.75 bits per heavy atom. The summed E-state index contributed by atoms with van der Waals surface area (Å²) in [5.74, 6) is 2.10. The number of nitrogens with one attached hydrogen (secondary N) is 1. The molecule has 4 heteroatoms.